The van der Waals surface area contributed by atoms with Gasteiger partial charge in [-0.15, -0.1) is 0 Å². The van der Waals surface area contributed by atoms with E-state index in [0.717, 1.165) is 31.4 Å². The molecule has 0 aromatic carbocycles. The molecule has 0 heterocycles. The van der Waals surface area contributed by atoms with Gasteiger partial charge < -0.3 is 10.8 Å². The van der Waals surface area contributed by atoms with Crippen LogP contribution in [0.4, 0.5) is 0 Å². The average molecular weight is 281 g/mol. The van der Waals surface area contributed by atoms with Gasteiger partial charge in [0.05, 0.1) is 5.60 Å². The highest BCUT2D eigenvalue weighted by Gasteiger charge is 2.54. The maximum atomic E-state index is 11.2. The van der Waals surface area contributed by atoms with Gasteiger partial charge in [-0.25, -0.2) is 0 Å². The Balaban J connectivity index is 1.90. The molecule has 0 saturated heterocycles. The van der Waals surface area contributed by atoms with Crippen molar-refractivity contribution in [3.8, 4) is 0 Å². The van der Waals surface area contributed by atoms with E-state index in [1.54, 1.807) is 0 Å². The summed E-state index contributed by atoms with van der Waals surface area (Å²) in [7, 11) is 0. The molecule has 3 rings (SSSR count). The molecule has 0 aromatic heterocycles. The van der Waals surface area contributed by atoms with Crippen LogP contribution in [0.5, 0.6) is 0 Å². The number of fused-ring (bicyclic) bond motifs is 4. The number of hydrogen-bond donors (Lipinski definition) is 3. The quantitative estimate of drug-likeness (QED) is 0.507. The Kier molecular flexibility index (Phi) is 3.52. The largest absolute Gasteiger partial charge is 0.389 e. The molecule has 0 radical (unpaired) electrons. The molecule has 0 amide bonds. The summed E-state index contributed by atoms with van der Waals surface area (Å²) in [5, 5.41) is 15.8. The Morgan fingerprint density at radius 1 is 1.32 bits per heavy atom. The Bertz CT molecular complexity index is 411. The lowest BCUT2D eigenvalue weighted by atomic mass is 9.54. The fraction of sp³-hybridized carbons (Fsp3) is 0.857. The third-order valence-corrected chi connectivity index (χ3v) is 5.47. The molecule has 3 fully saturated rings. The molecule has 2 bridgehead atoms. The smallest absolute Gasteiger partial charge is 0.184 e. The molecule has 3 saturated carbocycles. The molecule has 106 valence electrons. The summed E-state index contributed by atoms with van der Waals surface area (Å²) in [6.07, 6.45) is 9.07. The summed E-state index contributed by atoms with van der Waals surface area (Å²) >= 11 is 4.84. The van der Waals surface area contributed by atoms with Gasteiger partial charge in [-0.2, -0.15) is 5.10 Å². The summed E-state index contributed by atoms with van der Waals surface area (Å²) in [6.45, 7) is 0. The molecular formula is C14H23N3OS. The van der Waals surface area contributed by atoms with Crippen molar-refractivity contribution in [3.05, 3.63) is 0 Å². The molecule has 19 heavy (non-hydrogen) atoms. The zero-order chi connectivity index (χ0) is 13.5. The Hall–Kier alpha value is -0.680. The molecule has 3 aliphatic carbocycles. The predicted molar refractivity (Wildman–Crippen MR) is 79.7 cm³/mol. The minimum atomic E-state index is -0.522. The van der Waals surface area contributed by atoms with Gasteiger partial charge in [0.15, 0.2) is 5.11 Å². The number of nitrogens with zero attached hydrogens (tertiary/aromatic N) is 1. The maximum Gasteiger partial charge on any atom is 0.184 e. The first-order valence-electron chi connectivity index (χ1n) is 7.46. The van der Waals surface area contributed by atoms with E-state index >= 15 is 0 Å². The molecular weight excluding hydrogens is 258 g/mol. The van der Waals surface area contributed by atoms with E-state index in [4.69, 9.17) is 18.0 Å². The molecule has 0 aromatic rings. The number of aliphatic hydroxyl groups is 1. The minimum Gasteiger partial charge on any atom is -0.389 e. The van der Waals surface area contributed by atoms with E-state index in [0.29, 0.717) is 11.8 Å². The number of nitrogens with one attached hydrogen (secondary N) is 1. The average Bonchev–Trinajstić information content (AvgIpc) is 2.38. The summed E-state index contributed by atoms with van der Waals surface area (Å²) in [4.78, 5) is 0. The van der Waals surface area contributed by atoms with Gasteiger partial charge in [0.1, 0.15) is 0 Å². The van der Waals surface area contributed by atoms with Gasteiger partial charge in [-0.3, -0.25) is 5.43 Å². The number of hydrazone groups is 1. The van der Waals surface area contributed by atoms with Crippen LogP contribution in [0.3, 0.4) is 0 Å². The van der Waals surface area contributed by atoms with Crippen LogP contribution in [0, 0.1) is 17.8 Å². The highest BCUT2D eigenvalue weighted by Crippen LogP contribution is 2.52. The number of rotatable bonds is 1. The van der Waals surface area contributed by atoms with Gasteiger partial charge in [0.2, 0.25) is 0 Å². The minimum absolute atomic E-state index is 0.211. The molecule has 4 unspecified atom stereocenters. The first-order valence-corrected chi connectivity index (χ1v) is 7.87. The van der Waals surface area contributed by atoms with E-state index in [2.05, 4.69) is 10.5 Å². The highest BCUT2D eigenvalue weighted by atomic mass is 32.1. The zero-order valence-corrected chi connectivity index (χ0v) is 12.1. The third-order valence-electron chi connectivity index (χ3n) is 5.38. The predicted octanol–water partition coefficient (Wildman–Crippen LogP) is 1.92. The number of nitrogens with two attached hydrogens (primary N) is 1. The fourth-order valence-corrected chi connectivity index (χ4v) is 4.60. The second-order valence-electron chi connectivity index (χ2n) is 6.36. The molecule has 0 aliphatic heterocycles. The molecule has 3 aliphatic rings. The van der Waals surface area contributed by atoms with Crippen molar-refractivity contribution in [1.29, 1.82) is 0 Å². The summed E-state index contributed by atoms with van der Waals surface area (Å²) in [5.74, 6) is 1.21. The van der Waals surface area contributed by atoms with Crippen LogP contribution in [-0.2, 0) is 0 Å². The SMILES string of the molecule is NC(=S)NN=C1C2CCCC1C1(O)CCCCC1C2. The van der Waals surface area contributed by atoms with Crippen molar-refractivity contribution >= 4 is 23.0 Å². The van der Waals surface area contributed by atoms with Gasteiger partial charge in [-0.1, -0.05) is 19.3 Å². The molecule has 5 heteroatoms. The van der Waals surface area contributed by atoms with Crippen molar-refractivity contribution in [2.75, 3.05) is 0 Å². The lowest BCUT2D eigenvalue weighted by molar-refractivity contribution is -0.101. The highest BCUT2D eigenvalue weighted by molar-refractivity contribution is 7.80. The van der Waals surface area contributed by atoms with Crippen LogP contribution in [0.2, 0.25) is 0 Å². The van der Waals surface area contributed by atoms with Crippen molar-refractivity contribution in [3.63, 3.8) is 0 Å². The normalized spacial score (nSPS) is 43.6. The van der Waals surface area contributed by atoms with Gasteiger partial charge in [-0.05, 0) is 56.2 Å². The fourth-order valence-electron chi connectivity index (χ4n) is 4.56. The first-order chi connectivity index (χ1) is 9.11. The monoisotopic (exact) mass is 281 g/mol. The molecule has 4 nitrogen and oxygen atoms in total. The van der Waals surface area contributed by atoms with Crippen molar-refractivity contribution in [1.82, 2.24) is 5.43 Å². The Labute approximate surface area is 119 Å². The maximum absolute atomic E-state index is 11.2. The van der Waals surface area contributed by atoms with E-state index in [9.17, 15) is 5.11 Å². The standard InChI is InChI=1S/C14H23N3OS/c15-13(19)17-16-12-9-4-3-6-11(12)14(18)7-2-1-5-10(14)8-9/h9-11,18H,1-8H2,(H3,15,17,19). The van der Waals surface area contributed by atoms with Crippen molar-refractivity contribution < 1.29 is 5.11 Å². The third kappa shape index (κ3) is 2.27. The van der Waals surface area contributed by atoms with Crippen LogP contribution >= 0.6 is 12.2 Å². The number of hydrogen-bond acceptors (Lipinski definition) is 3. The van der Waals surface area contributed by atoms with Crippen LogP contribution in [0.15, 0.2) is 5.10 Å². The van der Waals surface area contributed by atoms with Gasteiger partial charge in [0, 0.05) is 11.6 Å². The second kappa shape index (κ2) is 5.02. The van der Waals surface area contributed by atoms with Gasteiger partial charge in [0.25, 0.3) is 0 Å². The summed E-state index contributed by atoms with van der Waals surface area (Å²) in [6, 6.07) is 0. The second-order valence-corrected chi connectivity index (χ2v) is 6.80. The summed E-state index contributed by atoms with van der Waals surface area (Å²) in [5.41, 5.74) is 8.82. The van der Waals surface area contributed by atoms with Crippen molar-refractivity contribution in [2.24, 2.45) is 28.6 Å². The van der Waals surface area contributed by atoms with Crippen LogP contribution in [0.25, 0.3) is 0 Å². The summed E-state index contributed by atoms with van der Waals surface area (Å²) < 4.78 is 0. The van der Waals surface area contributed by atoms with E-state index < -0.39 is 5.60 Å². The Morgan fingerprint density at radius 2 is 2.16 bits per heavy atom. The van der Waals surface area contributed by atoms with E-state index in [1.807, 2.05) is 0 Å². The molecule has 0 spiro atoms. The topological polar surface area (TPSA) is 70.6 Å². The van der Waals surface area contributed by atoms with E-state index in [-0.39, 0.29) is 11.0 Å². The van der Waals surface area contributed by atoms with Gasteiger partial charge >= 0.3 is 0 Å². The van der Waals surface area contributed by atoms with Crippen LogP contribution in [0.1, 0.15) is 51.4 Å². The van der Waals surface area contributed by atoms with Crippen LogP contribution in [-0.4, -0.2) is 21.5 Å². The zero-order valence-electron chi connectivity index (χ0n) is 11.3. The number of thiocarbonyl (C=S) groups is 1. The lowest BCUT2D eigenvalue weighted by Gasteiger charge is -2.54. The molecule has 4 atom stereocenters. The molecule has 4 N–H and O–H groups in total. The lowest BCUT2D eigenvalue weighted by Crippen LogP contribution is -2.58. The van der Waals surface area contributed by atoms with E-state index in [1.165, 1.54) is 25.7 Å². The Morgan fingerprint density at radius 3 is 2.95 bits per heavy atom. The first kappa shape index (κ1) is 13.3. The van der Waals surface area contributed by atoms with Crippen LogP contribution < -0.4 is 11.2 Å². The van der Waals surface area contributed by atoms with Crippen molar-refractivity contribution in [2.45, 2.75) is 57.0 Å².